The fourth-order valence-electron chi connectivity index (χ4n) is 2.52. The molecule has 1 aliphatic rings. The van der Waals surface area contributed by atoms with Crippen LogP contribution in [0, 0.1) is 18.3 Å². The molecule has 148 valence electrons. The lowest BCUT2D eigenvalue weighted by Crippen LogP contribution is -2.27. The topological polar surface area (TPSA) is 87.3 Å². The van der Waals surface area contributed by atoms with E-state index in [0.717, 1.165) is 18.4 Å². The maximum Gasteiger partial charge on any atom is 0.266 e. The minimum Gasteiger partial charge on any atom is -0.326 e. The number of carbonyl (C=O) groups excluding carboxylic acids is 3. The number of rotatable bonds is 5. The number of anilines is 3. The summed E-state index contributed by atoms with van der Waals surface area (Å²) in [5.74, 6) is -0.199. The van der Waals surface area contributed by atoms with Crippen molar-refractivity contribution < 1.29 is 14.4 Å². The average molecular weight is 400 g/mol. The Morgan fingerprint density at radius 1 is 1.00 bits per heavy atom. The van der Waals surface area contributed by atoms with Crippen molar-refractivity contribution in [3.05, 3.63) is 40.8 Å². The molecule has 0 radical (unpaired) electrons. The fourth-order valence-corrected chi connectivity index (χ4v) is 3.48. The first-order chi connectivity index (χ1) is 13.1. The smallest absolute Gasteiger partial charge is 0.266 e. The van der Waals surface area contributed by atoms with Crippen LogP contribution in [0.25, 0.3) is 0 Å². The van der Waals surface area contributed by atoms with E-state index in [9.17, 15) is 14.4 Å². The second-order valence-electron chi connectivity index (χ2n) is 8.13. The molecule has 1 heterocycles. The van der Waals surface area contributed by atoms with Gasteiger partial charge in [0, 0.05) is 22.7 Å². The van der Waals surface area contributed by atoms with Crippen molar-refractivity contribution in [1.82, 2.24) is 0 Å². The van der Waals surface area contributed by atoms with Crippen LogP contribution in [0.2, 0.25) is 0 Å². The third-order valence-corrected chi connectivity index (χ3v) is 5.53. The van der Waals surface area contributed by atoms with E-state index in [1.165, 1.54) is 11.3 Å². The molecule has 6 nitrogen and oxygen atoms in total. The third kappa shape index (κ3) is 4.98. The lowest BCUT2D eigenvalue weighted by atomic mass is 9.96. The van der Waals surface area contributed by atoms with Gasteiger partial charge in [-0.3, -0.25) is 14.4 Å². The first kappa shape index (κ1) is 20.1. The molecule has 0 saturated heterocycles. The Bertz CT molecular complexity index is 923. The highest BCUT2D eigenvalue weighted by molar-refractivity contribution is 7.18. The standard InChI is InChI=1S/C21H25N3O3S/c1-12-10-16(24-20(27)21(2,3)4)28-17(12)19(26)23-15-7-5-6-14(11-15)22-18(25)13-8-9-13/h5-7,10-11,13H,8-9H2,1-4H3,(H,22,25)(H,23,26)(H,24,27). The Morgan fingerprint density at radius 3 is 2.25 bits per heavy atom. The van der Waals surface area contributed by atoms with Gasteiger partial charge in [0.25, 0.3) is 5.91 Å². The summed E-state index contributed by atoms with van der Waals surface area (Å²) in [5, 5.41) is 9.24. The highest BCUT2D eigenvalue weighted by atomic mass is 32.1. The van der Waals surface area contributed by atoms with Crippen molar-refractivity contribution in [1.29, 1.82) is 0 Å². The van der Waals surface area contributed by atoms with E-state index in [-0.39, 0.29) is 23.6 Å². The number of aryl methyl sites for hydroxylation is 1. The fraction of sp³-hybridized carbons (Fsp3) is 0.381. The summed E-state index contributed by atoms with van der Waals surface area (Å²) >= 11 is 1.24. The highest BCUT2D eigenvalue weighted by Crippen LogP contribution is 2.31. The zero-order chi connectivity index (χ0) is 20.5. The number of amides is 3. The van der Waals surface area contributed by atoms with Crippen LogP contribution in [0.5, 0.6) is 0 Å². The zero-order valence-corrected chi connectivity index (χ0v) is 17.3. The van der Waals surface area contributed by atoms with E-state index in [2.05, 4.69) is 16.0 Å². The molecule has 28 heavy (non-hydrogen) atoms. The van der Waals surface area contributed by atoms with Gasteiger partial charge in [0.1, 0.15) is 0 Å². The average Bonchev–Trinajstić information content (AvgIpc) is 3.38. The molecule has 0 atom stereocenters. The van der Waals surface area contributed by atoms with Gasteiger partial charge in [0.15, 0.2) is 0 Å². The number of nitrogens with one attached hydrogen (secondary N) is 3. The van der Waals surface area contributed by atoms with Crippen LogP contribution in [0.3, 0.4) is 0 Å². The molecule has 7 heteroatoms. The van der Waals surface area contributed by atoms with Crippen LogP contribution in [0.4, 0.5) is 16.4 Å². The molecule has 1 aromatic carbocycles. The molecule has 0 unspecified atom stereocenters. The molecule has 1 aliphatic carbocycles. The van der Waals surface area contributed by atoms with E-state index in [1.807, 2.05) is 27.7 Å². The second kappa shape index (κ2) is 7.75. The van der Waals surface area contributed by atoms with Crippen LogP contribution in [0.1, 0.15) is 48.8 Å². The summed E-state index contributed by atoms with van der Waals surface area (Å²) in [7, 11) is 0. The van der Waals surface area contributed by atoms with Crippen LogP contribution in [-0.2, 0) is 9.59 Å². The van der Waals surface area contributed by atoms with Crippen LogP contribution < -0.4 is 16.0 Å². The van der Waals surface area contributed by atoms with Gasteiger partial charge in [0.05, 0.1) is 9.88 Å². The summed E-state index contributed by atoms with van der Waals surface area (Å²) in [6, 6.07) is 8.90. The summed E-state index contributed by atoms with van der Waals surface area (Å²) in [6.07, 6.45) is 1.88. The number of hydrogen-bond acceptors (Lipinski definition) is 4. The van der Waals surface area contributed by atoms with Crippen molar-refractivity contribution >= 4 is 45.4 Å². The van der Waals surface area contributed by atoms with Crippen molar-refractivity contribution in [2.24, 2.45) is 11.3 Å². The number of thiophene rings is 1. The van der Waals surface area contributed by atoms with Gasteiger partial charge >= 0.3 is 0 Å². The Labute approximate surface area is 168 Å². The molecule has 0 aliphatic heterocycles. The van der Waals surface area contributed by atoms with Gasteiger partial charge < -0.3 is 16.0 Å². The van der Waals surface area contributed by atoms with Crippen LogP contribution in [-0.4, -0.2) is 17.7 Å². The van der Waals surface area contributed by atoms with Gasteiger partial charge in [-0.25, -0.2) is 0 Å². The van der Waals surface area contributed by atoms with E-state index in [0.29, 0.717) is 21.3 Å². The summed E-state index contributed by atoms with van der Waals surface area (Å²) in [5.41, 5.74) is 1.55. The molecule has 3 N–H and O–H groups in total. The Hall–Kier alpha value is -2.67. The first-order valence-corrected chi connectivity index (χ1v) is 10.1. The van der Waals surface area contributed by atoms with Gasteiger partial charge in [-0.2, -0.15) is 0 Å². The molecule has 0 spiro atoms. The molecule has 1 saturated carbocycles. The largest absolute Gasteiger partial charge is 0.326 e. The Kier molecular flexibility index (Phi) is 5.56. The number of benzene rings is 1. The molecule has 2 aromatic rings. The van der Waals surface area contributed by atoms with Gasteiger partial charge in [0.2, 0.25) is 11.8 Å². The maximum absolute atomic E-state index is 12.7. The molecule has 3 amide bonds. The van der Waals surface area contributed by atoms with Crippen molar-refractivity contribution in [2.45, 2.75) is 40.5 Å². The third-order valence-electron chi connectivity index (χ3n) is 4.38. The van der Waals surface area contributed by atoms with Crippen molar-refractivity contribution in [3.63, 3.8) is 0 Å². The minimum absolute atomic E-state index is 0.0248. The van der Waals surface area contributed by atoms with Gasteiger partial charge in [-0.15, -0.1) is 11.3 Å². The van der Waals surface area contributed by atoms with E-state index in [4.69, 9.17) is 0 Å². The first-order valence-electron chi connectivity index (χ1n) is 9.27. The maximum atomic E-state index is 12.7. The van der Waals surface area contributed by atoms with Crippen LogP contribution >= 0.6 is 11.3 Å². The SMILES string of the molecule is Cc1cc(NC(=O)C(C)(C)C)sc1C(=O)Nc1cccc(NC(=O)C2CC2)c1. The molecule has 0 bridgehead atoms. The summed E-state index contributed by atoms with van der Waals surface area (Å²) < 4.78 is 0. The molecule has 3 rings (SSSR count). The van der Waals surface area contributed by atoms with Crippen LogP contribution in [0.15, 0.2) is 30.3 Å². The zero-order valence-electron chi connectivity index (χ0n) is 16.5. The summed E-state index contributed by atoms with van der Waals surface area (Å²) in [6.45, 7) is 7.35. The monoisotopic (exact) mass is 399 g/mol. The normalized spacial score (nSPS) is 13.7. The molecule has 1 fully saturated rings. The van der Waals surface area contributed by atoms with Gasteiger partial charge in [-0.05, 0) is 49.6 Å². The lowest BCUT2D eigenvalue weighted by molar-refractivity contribution is -0.123. The number of hydrogen-bond donors (Lipinski definition) is 3. The number of carbonyl (C=O) groups is 3. The van der Waals surface area contributed by atoms with Crippen molar-refractivity contribution in [2.75, 3.05) is 16.0 Å². The minimum atomic E-state index is -0.508. The summed E-state index contributed by atoms with van der Waals surface area (Å²) in [4.78, 5) is 37.3. The van der Waals surface area contributed by atoms with E-state index < -0.39 is 5.41 Å². The molecular formula is C21H25N3O3S. The quantitative estimate of drug-likeness (QED) is 0.684. The predicted octanol–water partition coefficient (Wildman–Crippen LogP) is 4.64. The Balaban J connectivity index is 1.67. The predicted molar refractivity (Wildman–Crippen MR) is 113 cm³/mol. The van der Waals surface area contributed by atoms with E-state index in [1.54, 1.807) is 30.3 Å². The van der Waals surface area contributed by atoms with Crippen molar-refractivity contribution in [3.8, 4) is 0 Å². The molecule has 1 aromatic heterocycles. The molecular weight excluding hydrogens is 374 g/mol. The lowest BCUT2D eigenvalue weighted by Gasteiger charge is -2.16. The Morgan fingerprint density at radius 2 is 1.64 bits per heavy atom. The second-order valence-corrected chi connectivity index (χ2v) is 9.18. The highest BCUT2D eigenvalue weighted by Gasteiger charge is 2.29. The van der Waals surface area contributed by atoms with E-state index >= 15 is 0 Å². The van der Waals surface area contributed by atoms with Gasteiger partial charge in [-0.1, -0.05) is 26.8 Å².